The molecule has 0 aliphatic heterocycles. The maximum Gasteiger partial charge on any atom is 0.283 e. The zero-order chi connectivity index (χ0) is 15.0. The van der Waals surface area contributed by atoms with Crippen molar-refractivity contribution < 1.29 is 8.42 Å². The molecule has 0 saturated carbocycles. The first kappa shape index (κ1) is 14.7. The van der Waals surface area contributed by atoms with Crippen LogP contribution in [0.1, 0.15) is 26.5 Å². The van der Waals surface area contributed by atoms with Gasteiger partial charge in [0.05, 0.1) is 11.4 Å². The molecule has 2 aromatic rings. The maximum absolute atomic E-state index is 12.2. The van der Waals surface area contributed by atoms with Gasteiger partial charge in [-0.25, -0.2) is 9.97 Å². The SMILES string of the molecule is CC(C)(C)c1csc(NS(=O)(=O)c2ncccc2N)n1. The number of anilines is 2. The minimum Gasteiger partial charge on any atom is -0.396 e. The number of nitrogens with one attached hydrogen (secondary N) is 1. The highest BCUT2D eigenvalue weighted by molar-refractivity contribution is 7.93. The van der Waals surface area contributed by atoms with E-state index in [0.29, 0.717) is 5.13 Å². The molecule has 0 amide bonds. The van der Waals surface area contributed by atoms with Crippen molar-refractivity contribution in [3.8, 4) is 0 Å². The number of nitrogens with two attached hydrogens (primary N) is 1. The molecule has 0 aromatic carbocycles. The fraction of sp³-hybridized carbons (Fsp3) is 0.333. The fourth-order valence-corrected chi connectivity index (χ4v) is 3.71. The second-order valence-corrected chi connectivity index (χ2v) is 7.75. The summed E-state index contributed by atoms with van der Waals surface area (Å²) in [7, 11) is -3.81. The van der Waals surface area contributed by atoms with Gasteiger partial charge in [0, 0.05) is 17.0 Å². The van der Waals surface area contributed by atoms with Crippen LogP contribution in [0.25, 0.3) is 0 Å². The molecule has 0 aliphatic carbocycles. The summed E-state index contributed by atoms with van der Waals surface area (Å²) in [4.78, 5) is 8.08. The monoisotopic (exact) mass is 312 g/mol. The van der Waals surface area contributed by atoms with Crippen molar-refractivity contribution in [1.29, 1.82) is 0 Å². The predicted molar refractivity (Wildman–Crippen MR) is 80.3 cm³/mol. The van der Waals surface area contributed by atoms with Crippen LogP contribution in [0.4, 0.5) is 10.8 Å². The summed E-state index contributed by atoms with van der Waals surface area (Å²) in [5.74, 6) is 0. The van der Waals surface area contributed by atoms with Gasteiger partial charge >= 0.3 is 0 Å². The molecule has 0 unspecified atom stereocenters. The van der Waals surface area contributed by atoms with E-state index in [1.54, 1.807) is 6.07 Å². The van der Waals surface area contributed by atoms with E-state index >= 15 is 0 Å². The number of aromatic nitrogens is 2. The lowest BCUT2D eigenvalue weighted by Crippen LogP contribution is -2.17. The molecule has 6 nitrogen and oxygen atoms in total. The summed E-state index contributed by atoms with van der Waals surface area (Å²) in [6.45, 7) is 6.03. The second kappa shape index (κ2) is 5.02. The largest absolute Gasteiger partial charge is 0.396 e. The Labute approximate surface area is 122 Å². The van der Waals surface area contributed by atoms with Crippen LogP contribution in [-0.4, -0.2) is 18.4 Å². The molecular formula is C12H16N4O2S2. The Kier molecular flexibility index (Phi) is 3.70. The van der Waals surface area contributed by atoms with Crippen LogP contribution in [0, 0.1) is 0 Å². The smallest absolute Gasteiger partial charge is 0.283 e. The number of sulfonamides is 1. The molecule has 0 saturated heterocycles. The van der Waals surface area contributed by atoms with Gasteiger partial charge in [-0.3, -0.25) is 4.72 Å². The molecule has 0 bridgehead atoms. The van der Waals surface area contributed by atoms with Gasteiger partial charge < -0.3 is 5.73 Å². The number of hydrogen-bond acceptors (Lipinski definition) is 6. The van der Waals surface area contributed by atoms with Crippen molar-refractivity contribution in [2.75, 3.05) is 10.5 Å². The standard InChI is InChI=1S/C12H16N4O2S2/c1-12(2,3)9-7-19-11(15-9)16-20(17,18)10-8(13)5-4-6-14-10/h4-7H,13H2,1-3H3,(H,15,16). The Morgan fingerprint density at radius 2 is 2.05 bits per heavy atom. The van der Waals surface area contributed by atoms with Crippen LogP contribution in [0.15, 0.2) is 28.7 Å². The van der Waals surface area contributed by atoms with Crippen LogP contribution in [-0.2, 0) is 15.4 Å². The van der Waals surface area contributed by atoms with Gasteiger partial charge in [0.2, 0.25) is 0 Å². The highest BCUT2D eigenvalue weighted by Crippen LogP contribution is 2.28. The first-order chi connectivity index (χ1) is 9.20. The molecule has 2 heterocycles. The third-order valence-electron chi connectivity index (χ3n) is 2.55. The topological polar surface area (TPSA) is 98.0 Å². The van der Waals surface area contributed by atoms with Gasteiger partial charge in [0.15, 0.2) is 10.2 Å². The summed E-state index contributed by atoms with van der Waals surface area (Å²) >= 11 is 1.23. The van der Waals surface area contributed by atoms with Gasteiger partial charge in [-0.15, -0.1) is 11.3 Å². The minimum absolute atomic E-state index is 0.104. The highest BCUT2D eigenvalue weighted by Gasteiger charge is 2.22. The van der Waals surface area contributed by atoms with E-state index in [9.17, 15) is 8.42 Å². The molecule has 0 fully saturated rings. The lowest BCUT2D eigenvalue weighted by Gasteiger charge is -2.14. The number of rotatable bonds is 3. The summed E-state index contributed by atoms with van der Waals surface area (Å²) < 4.78 is 26.8. The summed E-state index contributed by atoms with van der Waals surface area (Å²) in [6, 6.07) is 3.07. The van der Waals surface area contributed by atoms with E-state index in [0.717, 1.165) is 5.69 Å². The second-order valence-electron chi connectivity index (χ2n) is 5.29. The van der Waals surface area contributed by atoms with E-state index < -0.39 is 10.0 Å². The zero-order valence-electron chi connectivity index (χ0n) is 11.4. The molecular weight excluding hydrogens is 296 g/mol. The molecule has 0 spiro atoms. The Bertz CT molecular complexity index is 717. The molecule has 8 heteroatoms. The van der Waals surface area contributed by atoms with E-state index in [-0.39, 0.29) is 16.1 Å². The van der Waals surface area contributed by atoms with Crippen LogP contribution < -0.4 is 10.5 Å². The average molecular weight is 312 g/mol. The fourth-order valence-electron chi connectivity index (χ4n) is 1.46. The number of nitrogen functional groups attached to an aromatic ring is 1. The van der Waals surface area contributed by atoms with Gasteiger partial charge in [-0.1, -0.05) is 20.8 Å². The normalized spacial score (nSPS) is 12.3. The lowest BCUT2D eigenvalue weighted by atomic mass is 9.93. The van der Waals surface area contributed by atoms with Gasteiger partial charge in [-0.05, 0) is 12.1 Å². The van der Waals surface area contributed by atoms with Crippen molar-refractivity contribution in [1.82, 2.24) is 9.97 Å². The quantitative estimate of drug-likeness (QED) is 0.905. The molecule has 0 atom stereocenters. The number of thiazole rings is 1. The molecule has 20 heavy (non-hydrogen) atoms. The van der Waals surface area contributed by atoms with Gasteiger partial charge in [0.25, 0.3) is 10.0 Å². The Morgan fingerprint density at radius 3 is 2.60 bits per heavy atom. The molecule has 0 radical (unpaired) electrons. The number of hydrogen-bond donors (Lipinski definition) is 2. The maximum atomic E-state index is 12.2. The first-order valence-electron chi connectivity index (χ1n) is 5.89. The Balaban J connectivity index is 2.30. The van der Waals surface area contributed by atoms with Crippen LogP contribution in [0.5, 0.6) is 0 Å². The van der Waals surface area contributed by atoms with Crippen molar-refractivity contribution in [2.24, 2.45) is 0 Å². The van der Waals surface area contributed by atoms with E-state index in [4.69, 9.17) is 5.73 Å². The molecule has 108 valence electrons. The lowest BCUT2D eigenvalue weighted by molar-refractivity contribution is 0.573. The van der Waals surface area contributed by atoms with Crippen LogP contribution in [0.2, 0.25) is 0 Å². The Hall–Kier alpha value is -1.67. The van der Waals surface area contributed by atoms with Crippen molar-refractivity contribution in [3.63, 3.8) is 0 Å². The average Bonchev–Trinajstić information content (AvgIpc) is 2.76. The van der Waals surface area contributed by atoms with Crippen LogP contribution in [0.3, 0.4) is 0 Å². The molecule has 2 rings (SSSR count). The third-order valence-corrected chi connectivity index (χ3v) is 4.75. The third kappa shape index (κ3) is 3.07. The predicted octanol–water partition coefficient (Wildman–Crippen LogP) is 2.22. The summed E-state index contributed by atoms with van der Waals surface area (Å²) in [5, 5.41) is 1.95. The highest BCUT2D eigenvalue weighted by atomic mass is 32.2. The van der Waals surface area contributed by atoms with Crippen LogP contribution >= 0.6 is 11.3 Å². The van der Waals surface area contributed by atoms with E-state index in [1.165, 1.54) is 23.6 Å². The minimum atomic E-state index is -3.81. The first-order valence-corrected chi connectivity index (χ1v) is 8.26. The molecule has 3 N–H and O–H groups in total. The van der Waals surface area contributed by atoms with Crippen molar-refractivity contribution >= 4 is 32.2 Å². The van der Waals surface area contributed by atoms with Gasteiger partial charge in [-0.2, -0.15) is 8.42 Å². The van der Waals surface area contributed by atoms with E-state index in [1.807, 2.05) is 26.2 Å². The number of pyridine rings is 1. The zero-order valence-corrected chi connectivity index (χ0v) is 13.0. The molecule has 2 aromatic heterocycles. The molecule has 0 aliphatic rings. The van der Waals surface area contributed by atoms with Gasteiger partial charge in [0.1, 0.15) is 0 Å². The van der Waals surface area contributed by atoms with E-state index in [2.05, 4.69) is 14.7 Å². The van der Waals surface area contributed by atoms with Crippen molar-refractivity contribution in [2.45, 2.75) is 31.2 Å². The summed E-state index contributed by atoms with van der Waals surface area (Å²) in [5.41, 5.74) is 6.43. The number of nitrogens with zero attached hydrogens (tertiary/aromatic N) is 2. The summed E-state index contributed by atoms with van der Waals surface area (Å²) in [6.07, 6.45) is 1.38. The Morgan fingerprint density at radius 1 is 1.35 bits per heavy atom. The van der Waals surface area contributed by atoms with Crippen molar-refractivity contribution in [3.05, 3.63) is 29.4 Å².